The smallest absolute Gasteiger partial charge is 0.0355 e. The van der Waals surface area contributed by atoms with Crippen LogP contribution in [0, 0.1) is 34.5 Å². The van der Waals surface area contributed by atoms with E-state index in [1.54, 1.807) is 38.5 Å². The largest absolute Gasteiger partial charge is 0.0654 e. The van der Waals surface area contributed by atoms with Crippen molar-refractivity contribution in [3.05, 3.63) is 0 Å². The van der Waals surface area contributed by atoms with E-state index in [0.29, 0.717) is 10.8 Å². The Morgan fingerprint density at radius 1 is 0.357 bits per heavy atom. The lowest BCUT2D eigenvalue weighted by Crippen LogP contribution is -2.35. The minimum absolute atomic E-state index is 0.515. The van der Waals surface area contributed by atoms with E-state index in [1.165, 1.54) is 141 Å². The highest BCUT2D eigenvalue weighted by Crippen LogP contribution is 2.47. The first-order valence-electron chi connectivity index (χ1n) is 20.1. The van der Waals surface area contributed by atoms with Crippen LogP contribution in [0.5, 0.6) is 0 Å². The molecule has 0 N–H and O–H groups in total. The third-order valence-electron chi connectivity index (χ3n) is 11.0. The molecule has 0 aromatic rings. The van der Waals surface area contributed by atoms with Crippen LogP contribution in [0.2, 0.25) is 0 Å². The highest BCUT2D eigenvalue weighted by atomic mass is 14.4. The maximum atomic E-state index is 2.40. The Hall–Kier alpha value is 0. The molecule has 0 aromatic heterocycles. The van der Waals surface area contributed by atoms with Gasteiger partial charge >= 0.3 is 0 Å². The first-order valence-corrected chi connectivity index (χ1v) is 20.1. The number of unbranched alkanes of at least 4 members (excludes halogenated alkanes) is 16. The van der Waals surface area contributed by atoms with Crippen molar-refractivity contribution in [1.29, 1.82) is 0 Å². The monoisotopic (exact) mass is 589 g/mol. The van der Waals surface area contributed by atoms with Gasteiger partial charge in [-0.3, -0.25) is 0 Å². The van der Waals surface area contributed by atoms with Gasteiger partial charge < -0.3 is 0 Å². The molecule has 0 heteroatoms. The van der Waals surface area contributed by atoms with Crippen LogP contribution in [-0.2, 0) is 0 Å². The molecule has 1 aliphatic carbocycles. The van der Waals surface area contributed by atoms with Crippen molar-refractivity contribution in [3.63, 3.8) is 0 Å². The highest BCUT2D eigenvalue weighted by Gasteiger charge is 2.37. The third kappa shape index (κ3) is 21.7. The van der Waals surface area contributed by atoms with Crippen molar-refractivity contribution < 1.29 is 0 Å². The number of hydrogen-bond donors (Lipinski definition) is 0. The van der Waals surface area contributed by atoms with Crippen molar-refractivity contribution >= 4 is 0 Å². The highest BCUT2D eigenvalue weighted by molar-refractivity contribution is 4.88. The molecule has 0 heterocycles. The molecule has 4 atom stereocenters. The van der Waals surface area contributed by atoms with E-state index in [9.17, 15) is 0 Å². The Kier molecular flexibility index (Phi) is 23.1. The first-order chi connectivity index (χ1) is 20.1. The molecule has 42 heavy (non-hydrogen) atoms. The Morgan fingerprint density at radius 3 is 1.02 bits per heavy atom. The molecule has 1 rings (SSSR count). The molecule has 1 saturated carbocycles. The van der Waals surface area contributed by atoms with Crippen LogP contribution >= 0.6 is 0 Å². The van der Waals surface area contributed by atoms with Crippen molar-refractivity contribution in [2.45, 2.75) is 235 Å². The lowest BCUT2D eigenvalue weighted by molar-refractivity contribution is 0.0581. The van der Waals surface area contributed by atoms with E-state index < -0.39 is 0 Å². The zero-order chi connectivity index (χ0) is 31.1. The fourth-order valence-electron chi connectivity index (χ4n) is 8.32. The van der Waals surface area contributed by atoms with Crippen LogP contribution in [0.25, 0.3) is 0 Å². The average molecular weight is 589 g/mol. The van der Waals surface area contributed by atoms with Crippen molar-refractivity contribution in [2.24, 2.45) is 34.5 Å². The van der Waals surface area contributed by atoms with Gasteiger partial charge in [0, 0.05) is 0 Å². The molecule has 0 amide bonds. The van der Waals surface area contributed by atoms with Crippen molar-refractivity contribution in [2.75, 3.05) is 0 Å². The summed E-state index contributed by atoms with van der Waals surface area (Å²) < 4.78 is 0. The Bertz CT molecular complexity index is 574. The SMILES string of the molecule is CCCCCCCC1C(CCCCC)CCC(CCCCCCCCC(C)(C)C)C1CCCCCCCCC(C)(C)C. The van der Waals surface area contributed by atoms with Crippen LogP contribution < -0.4 is 0 Å². The second-order valence-corrected chi connectivity index (χ2v) is 17.6. The predicted molar refractivity (Wildman–Crippen MR) is 193 cm³/mol. The van der Waals surface area contributed by atoms with Gasteiger partial charge in [-0.2, -0.15) is 0 Å². The molecule has 1 aliphatic rings. The molecule has 0 aliphatic heterocycles. The number of hydrogen-bond acceptors (Lipinski definition) is 0. The lowest BCUT2D eigenvalue weighted by Gasteiger charge is -2.44. The van der Waals surface area contributed by atoms with Crippen molar-refractivity contribution in [3.8, 4) is 0 Å². The van der Waals surface area contributed by atoms with E-state index in [0.717, 1.165) is 23.7 Å². The van der Waals surface area contributed by atoms with Crippen molar-refractivity contribution in [1.82, 2.24) is 0 Å². The summed E-state index contributed by atoms with van der Waals surface area (Å²) in [5.41, 5.74) is 1.03. The minimum Gasteiger partial charge on any atom is -0.0654 e. The zero-order valence-corrected chi connectivity index (χ0v) is 31.1. The molecule has 4 unspecified atom stereocenters. The van der Waals surface area contributed by atoms with Crippen LogP contribution in [0.3, 0.4) is 0 Å². The summed E-state index contributed by atoms with van der Waals surface area (Å²) in [4.78, 5) is 0. The summed E-state index contributed by atoms with van der Waals surface area (Å²) in [7, 11) is 0. The fourth-order valence-corrected chi connectivity index (χ4v) is 8.32. The zero-order valence-electron chi connectivity index (χ0n) is 31.1. The van der Waals surface area contributed by atoms with Gasteiger partial charge in [-0.1, -0.05) is 197 Å². The van der Waals surface area contributed by atoms with Crippen LogP contribution in [0.4, 0.5) is 0 Å². The van der Waals surface area contributed by atoms with Gasteiger partial charge in [0.05, 0.1) is 0 Å². The Morgan fingerprint density at radius 2 is 0.643 bits per heavy atom. The molecular weight excluding hydrogens is 504 g/mol. The maximum Gasteiger partial charge on any atom is -0.0355 e. The molecule has 0 nitrogen and oxygen atoms in total. The lowest BCUT2D eigenvalue weighted by atomic mass is 9.61. The standard InChI is InChI=1S/C42H84/c1-9-11-13-18-25-31-39-37(29-23-12-10-2)33-34-38(30-24-19-14-16-21-27-35-41(3,4)5)40(39)32-26-20-15-17-22-28-36-42(6,7)8/h37-40H,9-36H2,1-8H3. The molecule has 0 bridgehead atoms. The van der Waals surface area contributed by atoms with E-state index in [1.807, 2.05) is 0 Å². The quantitative estimate of drug-likeness (QED) is 0.0881. The van der Waals surface area contributed by atoms with E-state index in [-0.39, 0.29) is 0 Å². The van der Waals surface area contributed by atoms with E-state index >= 15 is 0 Å². The fraction of sp³-hybridized carbons (Fsp3) is 1.00. The topological polar surface area (TPSA) is 0 Å². The van der Waals surface area contributed by atoms with Gasteiger partial charge in [0.25, 0.3) is 0 Å². The van der Waals surface area contributed by atoms with E-state index in [4.69, 9.17) is 0 Å². The maximum absolute atomic E-state index is 2.40. The normalized spacial score (nSPS) is 21.7. The summed E-state index contributed by atoms with van der Waals surface area (Å²) in [5.74, 6) is 4.18. The molecule has 0 saturated heterocycles. The molecule has 1 fully saturated rings. The molecule has 0 radical (unpaired) electrons. The van der Waals surface area contributed by atoms with Gasteiger partial charge in [0.2, 0.25) is 0 Å². The molecular formula is C42H84. The summed E-state index contributed by atoms with van der Waals surface area (Å²) in [6.07, 6.45) is 41.5. The van der Waals surface area contributed by atoms with Crippen LogP contribution in [0.15, 0.2) is 0 Å². The Balaban J connectivity index is 2.64. The summed E-state index contributed by atoms with van der Waals surface area (Å²) in [5, 5.41) is 0. The number of rotatable bonds is 26. The molecule has 252 valence electrons. The van der Waals surface area contributed by atoms with Gasteiger partial charge in [-0.05, 0) is 73.0 Å². The van der Waals surface area contributed by atoms with Crippen LogP contribution in [-0.4, -0.2) is 0 Å². The summed E-state index contributed by atoms with van der Waals surface area (Å²) in [6.45, 7) is 19.1. The first kappa shape index (κ1) is 40.0. The minimum atomic E-state index is 0.515. The van der Waals surface area contributed by atoms with E-state index in [2.05, 4.69) is 55.4 Å². The second-order valence-electron chi connectivity index (χ2n) is 17.6. The second kappa shape index (κ2) is 24.3. The summed E-state index contributed by atoms with van der Waals surface area (Å²) in [6, 6.07) is 0. The summed E-state index contributed by atoms with van der Waals surface area (Å²) >= 11 is 0. The average Bonchev–Trinajstić information content (AvgIpc) is 2.92. The van der Waals surface area contributed by atoms with Gasteiger partial charge in [-0.15, -0.1) is 0 Å². The molecule has 0 aromatic carbocycles. The van der Waals surface area contributed by atoms with Gasteiger partial charge in [0.1, 0.15) is 0 Å². The molecule has 0 spiro atoms. The van der Waals surface area contributed by atoms with Crippen LogP contribution in [0.1, 0.15) is 235 Å². The predicted octanol–water partition coefficient (Wildman–Crippen LogP) is 15.5. The Labute approximate surface area is 269 Å². The third-order valence-corrected chi connectivity index (χ3v) is 11.0. The van der Waals surface area contributed by atoms with Gasteiger partial charge in [0.15, 0.2) is 0 Å². The van der Waals surface area contributed by atoms with Gasteiger partial charge in [-0.25, -0.2) is 0 Å².